The SMILES string of the molecule is O=C(c1ncco1)N1CCc2[nH]cnc2[C@@H]1c1cc2cccc(F)c2o1. The number of nitrogens with one attached hydrogen (secondary N) is 1. The highest BCUT2D eigenvalue weighted by Crippen LogP contribution is 2.37. The van der Waals surface area contributed by atoms with E-state index in [1.54, 1.807) is 29.4 Å². The van der Waals surface area contributed by atoms with Crippen LogP contribution < -0.4 is 0 Å². The first-order valence-electron chi connectivity index (χ1n) is 8.13. The van der Waals surface area contributed by atoms with E-state index in [9.17, 15) is 9.18 Å². The molecule has 8 heteroatoms. The standard InChI is InChI=1S/C18H13FN4O3/c19-11-3-1-2-10-8-13(26-16(10)11)15-14-12(21-9-22-14)4-6-23(15)18(24)17-20-5-7-25-17/h1-3,5,7-9,15H,4,6H2,(H,21,22)/t15-/m0/s1. The maximum absolute atomic E-state index is 14.1. The third-order valence-corrected chi connectivity index (χ3v) is 4.59. The molecule has 0 aliphatic carbocycles. The molecule has 1 N–H and O–H groups in total. The molecule has 0 fully saturated rings. The largest absolute Gasteiger partial charge is 0.455 e. The van der Waals surface area contributed by atoms with Crippen LogP contribution in [0.4, 0.5) is 4.39 Å². The lowest BCUT2D eigenvalue weighted by molar-refractivity contribution is 0.0632. The van der Waals surface area contributed by atoms with Gasteiger partial charge in [0, 0.05) is 24.0 Å². The minimum Gasteiger partial charge on any atom is -0.455 e. The van der Waals surface area contributed by atoms with Crippen molar-refractivity contribution in [1.29, 1.82) is 0 Å². The van der Waals surface area contributed by atoms with Gasteiger partial charge in [-0.25, -0.2) is 14.4 Å². The number of furan rings is 1. The molecule has 4 aromatic rings. The highest BCUT2D eigenvalue weighted by molar-refractivity contribution is 5.90. The fourth-order valence-corrected chi connectivity index (χ4v) is 3.42. The minimum absolute atomic E-state index is 0.00345. The third-order valence-electron chi connectivity index (χ3n) is 4.59. The predicted molar refractivity (Wildman–Crippen MR) is 87.8 cm³/mol. The summed E-state index contributed by atoms with van der Waals surface area (Å²) in [5.74, 6) is -0.374. The number of hydrogen-bond acceptors (Lipinski definition) is 5. The van der Waals surface area contributed by atoms with Crippen LogP contribution in [0.2, 0.25) is 0 Å². The van der Waals surface area contributed by atoms with Crippen LogP contribution >= 0.6 is 0 Å². The molecule has 1 aliphatic heterocycles. The van der Waals surface area contributed by atoms with Crippen molar-refractivity contribution >= 4 is 16.9 Å². The Morgan fingerprint density at radius 2 is 2.27 bits per heavy atom. The second-order valence-corrected chi connectivity index (χ2v) is 6.06. The van der Waals surface area contributed by atoms with Gasteiger partial charge in [0.05, 0.1) is 18.2 Å². The maximum Gasteiger partial charge on any atom is 0.310 e. The number of aromatic nitrogens is 3. The summed E-state index contributed by atoms with van der Waals surface area (Å²) < 4.78 is 25.0. The number of benzene rings is 1. The molecule has 1 amide bonds. The van der Waals surface area contributed by atoms with E-state index < -0.39 is 11.9 Å². The van der Waals surface area contributed by atoms with Crippen molar-refractivity contribution in [1.82, 2.24) is 19.9 Å². The fourth-order valence-electron chi connectivity index (χ4n) is 3.42. The summed E-state index contributed by atoms with van der Waals surface area (Å²) in [6, 6.07) is 5.87. The molecule has 7 nitrogen and oxygen atoms in total. The highest BCUT2D eigenvalue weighted by atomic mass is 19.1. The van der Waals surface area contributed by atoms with Crippen LogP contribution in [0.3, 0.4) is 0 Å². The number of carbonyl (C=O) groups excluding carboxylic acids is 1. The van der Waals surface area contributed by atoms with Gasteiger partial charge in [-0.2, -0.15) is 0 Å². The zero-order valence-electron chi connectivity index (χ0n) is 13.5. The van der Waals surface area contributed by atoms with E-state index in [4.69, 9.17) is 8.83 Å². The van der Waals surface area contributed by atoms with Gasteiger partial charge in [0.2, 0.25) is 0 Å². The zero-order valence-corrected chi connectivity index (χ0v) is 13.5. The van der Waals surface area contributed by atoms with Crippen LogP contribution in [0.25, 0.3) is 11.0 Å². The van der Waals surface area contributed by atoms with Crippen molar-refractivity contribution in [2.24, 2.45) is 0 Å². The number of halogens is 1. The normalized spacial score (nSPS) is 16.8. The Bertz CT molecular complexity index is 1100. The summed E-state index contributed by atoms with van der Waals surface area (Å²) in [5, 5.41) is 0.631. The van der Waals surface area contributed by atoms with Crippen molar-refractivity contribution in [3.8, 4) is 0 Å². The molecule has 0 unspecified atom stereocenters. The first-order valence-corrected chi connectivity index (χ1v) is 8.13. The van der Waals surface area contributed by atoms with E-state index in [1.807, 2.05) is 0 Å². The number of hydrogen-bond donors (Lipinski definition) is 1. The molecule has 130 valence electrons. The molecule has 0 spiro atoms. The van der Waals surface area contributed by atoms with Crippen LogP contribution in [0.1, 0.15) is 33.9 Å². The fraction of sp³-hybridized carbons (Fsp3) is 0.167. The number of carbonyl (C=O) groups is 1. The van der Waals surface area contributed by atoms with E-state index >= 15 is 0 Å². The zero-order chi connectivity index (χ0) is 17.7. The average Bonchev–Trinajstić information content (AvgIpc) is 3.39. The smallest absolute Gasteiger partial charge is 0.310 e. The molecular formula is C18H13FN4O3. The molecule has 3 aromatic heterocycles. The van der Waals surface area contributed by atoms with E-state index in [2.05, 4.69) is 15.0 Å². The molecule has 1 aliphatic rings. The van der Waals surface area contributed by atoms with Gasteiger partial charge in [0.1, 0.15) is 18.1 Å². The number of nitrogens with zero attached hydrogens (tertiary/aromatic N) is 3. The van der Waals surface area contributed by atoms with E-state index in [-0.39, 0.29) is 17.4 Å². The summed E-state index contributed by atoms with van der Waals surface area (Å²) in [6.45, 7) is 0.431. The van der Waals surface area contributed by atoms with E-state index in [1.165, 1.54) is 18.5 Å². The molecule has 0 bridgehead atoms. The van der Waals surface area contributed by atoms with Gasteiger partial charge < -0.3 is 18.7 Å². The van der Waals surface area contributed by atoms with Crippen molar-refractivity contribution in [3.63, 3.8) is 0 Å². The number of aromatic amines is 1. The van der Waals surface area contributed by atoms with Crippen LogP contribution in [-0.4, -0.2) is 32.3 Å². The number of rotatable bonds is 2. The molecular weight excluding hydrogens is 339 g/mol. The molecule has 0 saturated heterocycles. The number of fused-ring (bicyclic) bond motifs is 2. The second-order valence-electron chi connectivity index (χ2n) is 6.06. The molecule has 1 aromatic carbocycles. The van der Waals surface area contributed by atoms with Crippen molar-refractivity contribution < 1.29 is 18.0 Å². The first kappa shape index (κ1) is 14.9. The van der Waals surface area contributed by atoms with E-state index in [0.717, 1.165) is 5.69 Å². The number of oxazole rings is 1. The Hall–Kier alpha value is -3.42. The molecule has 26 heavy (non-hydrogen) atoms. The lowest BCUT2D eigenvalue weighted by atomic mass is 10.00. The first-order chi connectivity index (χ1) is 12.7. The van der Waals surface area contributed by atoms with Crippen LogP contribution in [0, 0.1) is 5.82 Å². The number of amides is 1. The third kappa shape index (κ3) is 2.15. The Morgan fingerprint density at radius 1 is 1.35 bits per heavy atom. The lowest BCUT2D eigenvalue weighted by Crippen LogP contribution is -2.40. The number of imidazole rings is 1. The molecule has 0 saturated carbocycles. The lowest BCUT2D eigenvalue weighted by Gasteiger charge is -2.32. The topological polar surface area (TPSA) is 88.2 Å². The van der Waals surface area contributed by atoms with Crippen LogP contribution in [0.5, 0.6) is 0 Å². The Balaban J connectivity index is 1.66. The van der Waals surface area contributed by atoms with Gasteiger partial charge >= 0.3 is 5.91 Å². The highest BCUT2D eigenvalue weighted by Gasteiger charge is 2.38. The van der Waals surface area contributed by atoms with Crippen LogP contribution in [0.15, 0.2) is 51.9 Å². The summed E-state index contributed by atoms with van der Waals surface area (Å²) in [5.41, 5.74) is 1.76. The monoisotopic (exact) mass is 352 g/mol. The van der Waals surface area contributed by atoms with Gasteiger partial charge in [-0.1, -0.05) is 12.1 Å². The molecule has 4 heterocycles. The predicted octanol–water partition coefficient (Wildman–Crippen LogP) is 3.07. The Labute approximate surface area is 146 Å². The molecule has 0 radical (unpaired) electrons. The Kier molecular flexibility index (Phi) is 3.18. The van der Waals surface area contributed by atoms with Crippen molar-refractivity contribution in [2.75, 3.05) is 6.54 Å². The average molecular weight is 352 g/mol. The summed E-state index contributed by atoms with van der Waals surface area (Å²) in [7, 11) is 0. The summed E-state index contributed by atoms with van der Waals surface area (Å²) >= 11 is 0. The quantitative estimate of drug-likeness (QED) is 0.599. The maximum atomic E-state index is 14.1. The number of para-hydroxylation sites is 1. The molecule has 5 rings (SSSR count). The van der Waals surface area contributed by atoms with E-state index in [0.29, 0.717) is 29.8 Å². The van der Waals surface area contributed by atoms with Crippen molar-refractivity contribution in [3.05, 3.63) is 71.9 Å². The summed E-state index contributed by atoms with van der Waals surface area (Å²) in [4.78, 5) is 25.9. The second kappa shape index (κ2) is 5.55. The van der Waals surface area contributed by atoms with Crippen LogP contribution in [-0.2, 0) is 6.42 Å². The van der Waals surface area contributed by atoms with Crippen molar-refractivity contribution in [2.45, 2.75) is 12.5 Å². The van der Waals surface area contributed by atoms with Gasteiger partial charge in [-0.3, -0.25) is 4.79 Å². The van der Waals surface area contributed by atoms with Gasteiger partial charge in [0.15, 0.2) is 11.4 Å². The minimum atomic E-state index is -0.587. The number of H-pyrrole nitrogens is 1. The Morgan fingerprint density at radius 3 is 3.08 bits per heavy atom. The van der Waals surface area contributed by atoms with Gasteiger partial charge in [0.25, 0.3) is 5.89 Å². The van der Waals surface area contributed by atoms with Gasteiger partial charge in [-0.05, 0) is 12.1 Å². The summed E-state index contributed by atoms with van der Waals surface area (Å²) in [6.07, 6.45) is 4.97. The molecule has 1 atom stereocenters. The van der Waals surface area contributed by atoms with Gasteiger partial charge in [-0.15, -0.1) is 0 Å².